The second kappa shape index (κ2) is 66.9. The molecule has 1 unspecified atom stereocenters. The predicted molar refractivity (Wildman–Crippen MR) is 339 cm³/mol. The van der Waals surface area contributed by atoms with Crippen molar-refractivity contribution in [1.82, 2.24) is 0 Å². The highest BCUT2D eigenvalue weighted by Crippen LogP contribution is 2.18. The summed E-state index contributed by atoms with van der Waals surface area (Å²) in [4.78, 5) is 38.3. The summed E-state index contributed by atoms with van der Waals surface area (Å²) >= 11 is 0. The minimum atomic E-state index is -0.781. The molecule has 456 valence electrons. The molecule has 0 radical (unpaired) electrons. The molecule has 0 aromatic rings. The number of carbonyl (C=O) groups excluding carboxylic acids is 3. The lowest BCUT2D eigenvalue weighted by Gasteiger charge is -2.18. The van der Waals surface area contributed by atoms with Crippen molar-refractivity contribution in [2.24, 2.45) is 0 Å². The summed E-state index contributed by atoms with van der Waals surface area (Å²) in [5.74, 6) is -0.873. The predicted octanol–water partition coefficient (Wildman–Crippen LogP) is 23.7. The molecule has 0 aliphatic carbocycles. The first-order valence-corrected chi connectivity index (χ1v) is 34.6. The van der Waals surface area contributed by atoms with Crippen LogP contribution in [0.4, 0.5) is 0 Å². The summed E-state index contributed by atoms with van der Waals surface area (Å²) in [6.45, 7) is 6.61. The minimum Gasteiger partial charge on any atom is -0.462 e. The van der Waals surface area contributed by atoms with Crippen molar-refractivity contribution in [3.8, 4) is 0 Å². The van der Waals surface area contributed by atoms with Gasteiger partial charge in [-0.15, -0.1) is 0 Å². The van der Waals surface area contributed by atoms with Gasteiger partial charge in [-0.05, 0) is 96.3 Å². The fourth-order valence-corrected chi connectivity index (χ4v) is 10.3. The molecule has 78 heavy (non-hydrogen) atoms. The van der Waals surface area contributed by atoms with Crippen molar-refractivity contribution in [3.05, 3.63) is 48.6 Å². The molecule has 0 fully saturated rings. The van der Waals surface area contributed by atoms with Gasteiger partial charge in [0.1, 0.15) is 13.2 Å². The smallest absolute Gasteiger partial charge is 0.306 e. The summed E-state index contributed by atoms with van der Waals surface area (Å²) in [5, 5.41) is 0. The van der Waals surface area contributed by atoms with Crippen LogP contribution in [0.3, 0.4) is 0 Å². The Labute approximate surface area is 486 Å². The van der Waals surface area contributed by atoms with Gasteiger partial charge in [0.25, 0.3) is 0 Å². The first kappa shape index (κ1) is 75.4. The summed E-state index contributed by atoms with van der Waals surface area (Å²) in [6.07, 6.45) is 84.3. The van der Waals surface area contributed by atoms with Crippen LogP contribution in [0.5, 0.6) is 0 Å². The molecule has 0 bridgehead atoms. The van der Waals surface area contributed by atoms with Gasteiger partial charge < -0.3 is 14.2 Å². The van der Waals surface area contributed by atoms with Gasteiger partial charge in [-0.25, -0.2) is 0 Å². The van der Waals surface area contributed by atoms with Crippen molar-refractivity contribution < 1.29 is 28.6 Å². The fourth-order valence-electron chi connectivity index (χ4n) is 10.3. The number of carbonyl (C=O) groups is 3. The molecule has 0 spiro atoms. The van der Waals surface area contributed by atoms with Gasteiger partial charge in [-0.3, -0.25) is 14.4 Å². The molecular weight excluding hydrogens is 961 g/mol. The van der Waals surface area contributed by atoms with Crippen LogP contribution in [-0.4, -0.2) is 37.2 Å². The Hall–Kier alpha value is -2.63. The van der Waals surface area contributed by atoms with E-state index in [0.29, 0.717) is 19.3 Å². The number of allylic oxidation sites excluding steroid dienone is 8. The summed E-state index contributed by atoms with van der Waals surface area (Å²) in [5.41, 5.74) is 0. The number of unbranched alkanes of at least 4 members (excludes halogenated alkanes) is 45. The highest BCUT2D eigenvalue weighted by molar-refractivity contribution is 5.71. The standard InChI is InChI=1S/C72H132O6/c1-4-7-10-13-16-19-22-25-27-29-31-32-33-34-35-36-37-38-39-40-41-43-44-47-50-53-56-59-62-65-71(74)77-68-69(67-76-70(73)64-61-58-55-52-49-46-24-21-18-15-12-9-6-3)78-72(75)66-63-60-57-54-51-48-45-42-30-28-26-23-20-17-14-11-8-5-2/h12,15,21,24,28-31,69H,4-11,13-14,16-20,22-23,25-27,32-68H2,1-3H3/b15-12-,24-21-,30-28-,31-29-. The zero-order valence-corrected chi connectivity index (χ0v) is 52.5. The Morgan fingerprint density at radius 2 is 0.487 bits per heavy atom. The Balaban J connectivity index is 4.19. The van der Waals surface area contributed by atoms with Crippen LogP contribution >= 0.6 is 0 Å². The molecule has 6 heteroatoms. The maximum atomic E-state index is 12.9. The van der Waals surface area contributed by atoms with Gasteiger partial charge in [0, 0.05) is 19.3 Å². The monoisotopic (exact) mass is 1090 g/mol. The molecule has 0 aliphatic heterocycles. The van der Waals surface area contributed by atoms with Crippen molar-refractivity contribution in [2.75, 3.05) is 13.2 Å². The van der Waals surface area contributed by atoms with E-state index >= 15 is 0 Å². The van der Waals surface area contributed by atoms with Crippen LogP contribution in [0.25, 0.3) is 0 Å². The molecule has 0 heterocycles. The van der Waals surface area contributed by atoms with E-state index in [0.717, 1.165) is 83.5 Å². The van der Waals surface area contributed by atoms with Crippen molar-refractivity contribution >= 4 is 17.9 Å². The lowest BCUT2D eigenvalue weighted by Crippen LogP contribution is -2.30. The Morgan fingerprint density at radius 3 is 0.769 bits per heavy atom. The van der Waals surface area contributed by atoms with Gasteiger partial charge in [0.05, 0.1) is 0 Å². The highest BCUT2D eigenvalue weighted by atomic mass is 16.6. The van der Waals surface area contributed by atoms with Crippen LogP contribution in [0.1, 0.15) is 374 Å². The highest BCUT2D eigenvalue weighted by Gasteiger charge is 2.19. The molecule has 0 saturated heterocycles. The Kier molecular flexibility index (Phi) is 64.6. The molecule has 0 rings (SSSR count). The largest absolute Gasteiger partial charge is 0.462 e. The molecule has 0 saturated carbocycles. The van der Waals surface area contributed by atoms with E-state index in [-0.39, 0.29) is 31.1 Å². The first-order chi connectivity index (χ1) is 38.5. The fraction of sp³-hybridized carbons (Fsp3) is 0.847. The quantitative estimate of drug-likeness (QED) is 0.0261. The Bertz CT molecular complexity index is 1350. The maximum Gasteiger partial charge on any atom is 0.306 e. The lowest BCUT2D eigenvalue weighted by molar-refractivity contribution is -0.167. The third kappa shape index (κ3) is 64.2. The zero-order valence-electron chi connectivity index (χ0n) is 52.5. The number of esters is 3. The second-order valence-corrected chi connectivity index (χ2v) is 23.4. The number of hydrogen-bond donors (Lipinski definition) is 0. The van der Waals surface area contributed by atoms with E-state index in [4.69, 9.17) is 14.2 Å². The van der Waals surface area contributed by atoms with Crippen LogP contribution < -0.4 is 0 Å². The second-order valence-electron chi connectivity index (χ2n) is 23.4. The van der Waals surface area contributed by atoms with Crippen molar-refractivity contribution in [2.45, 2.75) is 380 Å². The molecular formula is C72H132O6. The van der Waals surface area contributed by atoms with Crippen LogP contribution in [0.2, 0.25) is 0 Å². The van der Waals surface area contributed by atoms with Crippen molar-refractivity contribution in [3.63, 3.8) is 0 Å². The van der Waals surface area contributed by atoms with Gasteiger partial charge in [-0.2, -0.15) is 0 Å². The van der Waals surface area contributed by atoms with E-state index in [9.17, 15) is 14.4 Å². The molecule has 0 amide bonds. The first-order valence-electron chi connectivity index (χ1n) is 34.6. The lowest BCUT2D eigenvalue weighted by atomic mass is 10.0. The van der Waals surface area contributed by atoms with E-state index in [1.54, 1.807) is 0 Å². The third-order valence-corrected chi connectivity index (χ3v) is 15.5. The van der Waals surface area contributed by atoms with Crippen LogP contribution in [0.15, 0.2) is 48.6 Å². The van der Waals surface area contributed by atoms with E-state index < -0.39 is 6.10 Å². The van der Waals surface area contributed by atoms with Gasteiger partial charge >= 0.3 is 17.9 Å². The van der Waals surface area contributed by atoms with E-state index in [2.05, 4.69) is 69.4 Å². The SMILES string of the molecule is CCC/C=C\C/C=C\CCCCCCCC(=O)OCC(COC(=O)CCCCCCCCCCCCCCCCCCC/C=C\CCCCCCCCCC)OC(=O)CCCCCCCCC/C=C\CCCCCCCCC. The molecule has 6 nitrogen and oxygen atoms in total. The number of hydrogen-bond acceptors (Lipinski definition) is 6. The van der Waals surface area contributed by atoms with Crippen molar-refractivity contribution in [1.29, 1.82) is 0 Å². The Morgan fingerprint density at radius 1 is 0.256 bits per heavy atom. The molecule has 0 aromatic heterocycles. The van der Waals surface area contributed by atoms with E-state index in [1.807, 2.05) is 0 Å². The molecule has 0 N–H and O–H groups in total. The topological polar surface area (TPSA) is 78.9 Å². The molecule has 0 aliphatic rings. The normalized spacial score (nSPS) is 12.3. The number of ether oxygens (including phenoxy) is 3. The average molecular weight is 1090 g/mol. The molecule has 1 atom stereocenters. The average Bonchev–Trinajstić information content (AvgIpc) is 3.44. The van der Waals surface area contributed by atoms with Gasteiger partial charge in [0.15, 0.2) is 6.10 Å². The summed E-state index contributed by atoms with van der Waals surface area (Å²) in [6, 6.07) is 0. The third-order valence-electron chi connectivity index (χ3n) is 15.5. The minimum absolute atomic E-state index is 0.0760. The summed E-state index contributed by atoms with van der Waals surface area (Å²) < 4.78 is 16.9. The zero-order chi connectivity index (χ0) is 56.4. The number of rotatable bonds is 64. The maximum absolute atomic E-state index is 12.9. The van der Waals surface area contributed by atoms with Crippen LogP contribution in [0, 0.1) is 0 Å². The molecule has 0 aromatic carbocycles. The summed E-state index contributed by atoms with van der Waals surface area (Å²) in [7, 11) is 0. The van der Waals surface area contributed by atoms with Crippen LogP contribution in [-0.2, 0) is 28.6 Å². The van der Waals surface area contributed by atoms with Gasteiger partial charge in [0.2, 0.25) is 0 Å². The van der Waals surface area contributed by atoms with Gasteiger partial charge in [-0.1, -0.05) is 307 Å². The van der Waals surface area contributed by atoms with E-state index in [1.165, 1.54) is 250 Å².